The van der Waals surface area contributed by atoms with Crippen LogP contribution < -0.4 is 13.8 Å². The summed E-state index contributed by atoms with van der Waals surface area (Å²) in [4.78, 5) is 0. The second-order valence-electron chi connectivity index (χ2n) is 9.33. The van der Waals surface area contributed by atoms with Crippen LogP contribution in [0.1, 0.15) is 16.8 Å². The van der Waals surface area contributed by atoms with Gasteiger partial charge in [-0.25, -0.2) is 4.57 Å². The van der Waals surface area contributed by atoms with E-state index in [-0.39, 0.29) is 0 Å². The van der Waals surface area contributed by atoms with Crippen LogP contribution in [0.5, 0.6) is 17.2 Å². The number of aromatic nitrogens is 1. The molecule has 198 valence electrons. The maximum atomic E-state index is 15.3. The van der Waals surface area contributed by atoms with E-state index in [4.69, 9.17) is 13.8 Å². The monoisotopic (exact) mass is 545 g/mol. The van der Waals surface area contributed by atoms with Crippen LogP contribution in [0.2, 0.25) is 0 Å². The predicted molar refractivity (Wildman–Crippen MR) is 159 cm³/mol. The molecule has 2 aromatic heterocycles. The summed E-state index contributed by atoms with van der Waals surface area (Å²) in [5, 5.41) is 0. The molecule has 0 radical (unpaired) electrons. The molecule has 0 spiro atoms. The van der Waals surface area contributed by atoms with Gasteiger partial charge in [0.2, 0.25) is 0 Å². The molecule has 6 aromatic rings. The molecule has 6 rings (SSSR count). The lowest BCUT2D eigenvalue weighted by Crippen LogP contribution is -2.12. The van der Waals surface area contributed by atoms with E-state index < -0.39 is 13.3 Å². The third kappa shape index (κ3) is 5.12. The van der Waals surface area contributed by atoms with Gasteiger partial charge in [0, 0.05) is 11.8 Å². The SMILES string of the molecule is COc1ccc(-c2cc(C(c3ccccc3)P(=O)(Oc3ccccc3)Oc3ccccc3)c3ccccn23)cc1. The Morgan fingerprint density at radius 2 is 1.18 bits per heavy atom. The van der Waals surface area contributed by atoms with E-state index in [9.17, 15) is 0 Å². The fraction of sp³-hybridized carbons (Fsp3) is 0.0588. The van der Waals surface area contributed by atoms with Crippen molar-refractivity contribution in [2.24, 2.45) is 0 Å². The van der Waals surface area contributed by atoms with E-state index in [1.54, 1.807) is 31.4 Å². The molecule has 4 aromatic carbocycles. The quantitative estimate of drug-likeness (QED) is 0.170. The normalized spacial score (nSPS) is 12.1. The first kappa shape index (κ1) is 25.5. The zero-order chi connectivity index (χ0) is 27.4. The van der Waals surface area contributed by atoms with Crippen LogP contribution in [0.25, 0.3) is 16.8 Å². The molecule has 1 atom stereocenters. The van der Waals surface area contributed by atoms with E-state index in [0.29, 0.717) is 11.5 Å². The van der Waals surface area contributed by atoms with Gasteiger partial charge < -0.3 is 18.2 Å². The van der Waals surface area contributed by atoms with Crippen molar-refractivity contribution >= 4 is 13.1 Å². The average molecular weight is 546 g/mol. The summed E-state index contributed by atoms with van der Waals surface area (Å²) in [6.07, 6.45) is 2.02. The number of benzene rings is 4. The molecule has 0 amide bonds. The molecule has 0 saturated carbocycles. The number of para-hydroxylation sites is 2. The van der Waals surface area contributed by atoms with Gasteiger partial charge in [0.15, 0.2) is 0 Å². The first-order chi connectivity index (χ1) is 19.6. The van der Waals surface area contributed by atoms with Gasteiger partial charge in [0.05, 0.1) is 18.3 Å². The molecule has 40 heavy (non-hydrogen) atoms. The van der Waals surface area contributed by atoms with Crippen molar-refractivity contribution in [2.75, 3.05) is 7.11 Å². The van der Waals surface area contributed by atoms with Crippen LogP contribution in [0.15, 0.2) is 146 Å². The first-order valence-corrected chi connectivity index (χ1v) is 14.6. The Balaban J connectivity index is 1.58. The summed E-state index contributed by atoms with van der Waals surface area (Å²) in [5.41, 5.74) is 3.82. The van der Waals surface area contributed by atoms with Crippen LogP contribution in [-0.4, -0.2) is 11.5 Å². The van der Waals surface area contributed by atoms with Crippen molar-refractivity contribution in [1.29, 1.82) is 0 Å². The number of methoxy groups -OCH3 is 1. The van der Waals surface area contributed by atoms with Gasteiger partial charge in [-0.2, -0.15) is 0 Å². The van der Waals surface area contributed by atoms with E-state index in [1.165, 1.54) is 0 Å². The Hall–Kier alpha value is -4.73. The summed E-state index contributed by atoms with van der Waals surface area (Å²) in [7, 11) is -2.29. The highest BCUT2D eigenvalue weighted by atomic mass is 31.2. The smallest absolute Gasteiger partial charge is 0.442 e. The van der Waals surface area contributed by atoms with Gasteiger partial charge in [0.25, 0.3) is 0 Å². The Morgan fingerprint density at radius 3 is 1.75 bits per heavy atom. The number of hydrogen-bond acceptors (Lipinski definition) is 4. The molecular formula is C34H28NO4P. The molecule has 5 nitrogen and oxygen atoms in total. The highest BCUT2D eigenvalue weighted by Crippen LogP contribution is 2.63. The standard InChI is InChI=1S/C34H28NO4P/c1-37-28-22-20-26(21-23-28)33-25-31(32-19-11-12-24-35(32)33)34(27-13-5-2-6-14-27)40(36,38-29-15-7-3-8-16-29)39-30-17-9-4-10-18-30/h2-25,34H,1H3. The third-order valence-electron chi connectivity index (χ3n) is 6.77. The fourth-order valence-electron chi connectivity index (χ4n) is 4.93. The van der Waals surface area contributed by atoms with E-state index in [1.807, 2.05) is 115 Å². The van der Waals surface area contributed by atoms with Crippen LogP contribution in [0.3, 0.4) is 0 Å². The molecule has 0 aliphatic heterocycles. The van der Waals surface area contributed by atoms with Crippen LogP contribution >= 0.6 is 7.60 Å². The number of pyridine rings is 1. The van der Waals surface area contributed by atoms with Gasteiger partial charge in [-0.3, -0.25) is 0 Å². The van der Waals surface area contributed by atoms with Gasteiger partial charge >= 0.3 is 7.60 Å². The van der Waals surface area contributed by atoms with Crippen molar-refractivity contribution in [3.05, 3.63) is 157 Å². The summed E-state index contributed by atoms with van der Waals surface area (Å²) in [6, 6.07) is 44.2. The first-order valence-electron chi connectivity index (χ1n) is 13.0. The van der Waals surface area contributed by atoms with E-state index in [2.05, 4.69) is 10.5 Å². The molecule has 0 fully saturated rings. The van der Waals surface area contributed by atoms with Gasteiger partial charge in [-0.1, -0.05) is 72.8 Å². The third-order valence-corrected chi connectivity index (χ3v) is 8.91. The Bertz CT molecular complexity index is 1710. The molecular weight excluding hydrogens is 517 g/mol. The summed E-state index contributed by atoms with van der Waals surface area (Å²) in [5.74, 6) is 1.73. The van der Waals surface area contributed by atoms with Crippen molar-refractivity contribution in [2.45, 2.75) is 5.66 Å². The van der Waals surface area contributed by atoms with Crippen molar-refractivity contribution in [3.63, 3.8) is 0 Å². The van der Waals surface area contributed by atoms with Crippen molar-refractivity contribution in [1.82, 2.24) is 4.40 Å². The highest BCUT2D eigenvalue weighted by molar-refractivity contribution is 7.55. The Labute approximate surface area is 233 Å². The summed E-state index contributed by atoms with van der Waals surface area (Å²) < 4.78 is 35.5. The largest absolute Gasteiger partial charge is 0.497 e. The summed E-state index contributed by atoms with van der Waals surface area (Å²) in [6.45, 7) is 0. The number of nitrogens with zero attached hydrogens (tertiary/aromatic N) is 1. The van der Waals surface area contributed by atoms with Gasteiger partial charge in [0.1, 0.15) is 22.9 Å². The van der Waals surface area contributed by atoms with Crippen molar-refractivity contribution < 1.29 is 18.3 Å². The molecule has 2 heterocycles. The molecule has 0 saturated heterocycles. The Kier molecular flexibility index (Phi) is 7.13. The summed E-state index contributed by atoms with van der Waals surface area (Å²) >= 11 is 0. The number of rotatable bonds is 9. The zero-order valence-electron chi connectivity index (χ0n) is 22.0. The molecule has 0 aliphatic rings. The van der Waals surface area contributed by atoms with Crippen LogP contribution in [-0.2, 0) is 4.57 Å². The number of ether oxygens (including phenoxy) is 1. The van der Waals surface area contributed by atoms with Crippen molar-refractivity contribution in [3.8, 4) is 28.5 Å². The highest BCUT2D eigenvalue weighted by Gasteiger charge is 2.43. The molecule has 1 unspecified atom stereocenters. The minimum absolute atomic E-state index is 0.474. The lowest BCUT2D eigenvalue weighted by Gasteiger charge is -2.28. The second-order valence-corrected chi connectivity index (χ2v) is 11.3. The molecule has 6 heteroatoms. The predicted octanol–water partition coefficient (Wildman–Crippen LogP) is 9.06. The minimum atomic E-state index is -3.95. The topological polar surface area (TPSA) is 49.2 Å². The fourth-order valence-corrected chi connectivity index (χ4v) is 7.09. The lowest BCUT2D eigenvalue weighted by molar-refractivity contribution is 0.378. The lowest BCUT2D eigenvalue weighted by atomic mass is 10.0. The van der Waals surface area contributed by atoms with E-state index >= 15 is 4.57 Å². The Morgan fingerprint density at radius 1 is 0.625 bits per heavy atom. The molecule has 0 aliphatic carbocycles. The number of fused-ring (bicyclic) bond motifs is 1. The van der Waals surface area contributed by atoms with Gasteiger partial charge in [-0.05, 0) is 77.9 Å². The maximum Gasteiger partial charge on any atom is 0.442 e. The van der Waals surface area contributed by atoms with Gasteiger partial charge in [-0.15, -0.1) is 0 Å². The van der Waals surface area contributed by atoms with Crippen LogP contribution in [0, 0.1) is 0 Å². The van der Waals surface area contributed by atoms with E-state index in [0.717, 1.165) is 33.7 Å². The zero-order valence-corrected chi connectivity index (χ0v) is 22.9. The second kappa shape index (κ2) is 11.2. The van der Waals surface area contributed by atoms with Crippen LogP contribution in [0.4, 0.5) is 0 Å². The minimum Gasteiger partial charge on any atom is -0.497 e. The molecule has 0 bridgehead atoms. The number of hydrogen-bond donors (Lipinski definition) is 0. The maximum absolute atomic E-state index is 15.3. The average Bonchev–Trinajstić information content (AvgIpc) is 3.38. The molecule has 0 N–H and O–H groups in total.